The zero-order chi connectivity index (χ0) is 27.0. The van der Waals surface area contributed by atoms with Gasteiger partial charge in [0.1, 0.15) is 12.6 Å². The molecule has 10 heteroatoms. The van der Waals surface area contributed by atoms with Crippen LogP contribution in [0.3, 0.4) is 0 Å². The largest absolute Gasteiger partial charge is 0.480 e. The number of alkyl carbamates (subject to hydrolysis) is 1. The van der Waals surface area contributed by atoms with Crippen LogP contribution in [0.2, 0.25) is 0 Å². The fourth-order valence-electron chi connectivity index (χ4n) is 5.64. The van der Waals surface area contributed by atoms with Crippen molar-refractivity contribution in [2.45, 2.75) is 44.3 Å². The standard InChI is InChI=1S/C28H30N4O6/c1-16-13-32(27(36)30-25(16)33)19-11-18(31(14-19)17(2)26(34)35)12-29-28(37)38-15-24-22-9-5-3-7-20(22)21-8-4-6-10-23(21)24/h3-10,13,17-19,24H,11-12,14-15H2,1-2H3,(H,29,37)(H,34,35)(H,30,33,36)/t17-,18-,19-/m1/s1. The van der Waals surface area contributed by atoms with Gasteiger partial charge in [-0.2, -0.15) is 0 Å². The Balaban J connectivity index is 1.26. The number of fused-ring (bicyclic) bond motifs is 3. The number of hydrogen-bond acceptors (Lipinski definition) is 6. The van der Waals surface area contributed by atoms with Crippen LogP contribution in [0.4, 0.5) is 4.79 Å². The van der Waals surface area contributed by atoms with E-state index in [0.717, 1.165) is 22.3 Å². The number of hydrogen-bond donors (Lipinski definition) is 3. The number of aryl methyl sites for hydroxylation is 1. The molecule has 2 aliphatic rings. The first kappa shape index (κ1) is 25.5. The summed E-state index contributed by atoms with van der Waals surface area (Å²) in [5.41, 5.74) is 3.90. The molecule has 1 amide bonds. The maximum Gasteiger partial charge on any atom is 0.407 e. The number of rotatable bonds is 7. The third-order valence-electron chi connectivity index (χ3n) is 7.65. The molecule has 1 fully saturated rings. The monoisotopic (exact) mass is 518 g/mol. The van der Waals surface area contributed by atoms with E-state index in [9.17, 15) is 24.3 Å². The molecule has 1 aliphatic carbocycles. The van der Waals surface area contributed by atoms with Crippen LogP contribution in [0.15, 0.2) is 64.3 Å². The number of carboxylic acid groups (broad SMARTS) is 1. The summed E-state index contributed by atoms with van der Waals surface area (Å²) < 4.78 is 7.06. The number of carboxylic acids is 1. The molecule has 198 valence electrons. The highest BCUT2D eigenvalue weighted by Crippen LogP contribution is 2.44. The quantitative estimate of drug-likeness (QED) is 0.438. The number of amides is 1. The van der Waals surface area contributed by atoms with Crippen molar-refractivity contribution in [1.29, 1.82) is 0 Å². The summed E-state index contributed by atoms with van der Waals surface area (Å²) in [5, 5.41) is 12.4. The molecule has 0 spiro atoms. The van der Waals surface area contributed by atoms with Gasteiger partial charge in [0.05, 0.1) is 6.04 Å². The van der Waals surface area contributed by atoms with Crippen molar-refractivity contribution >= 4 is 12.1 Å². The first-order valence-corrected chi connectivity index (χ1v) is 12.6. The van der Waals surface area contributed by atoms with Crippen molar-refractivity contribution in [3.05, 3.63) is 92.3 Å². The first-order valence-electron chi connectivity index (χ1n) is 12.6. The maximum absolute atomic E-state index is 12.7. The summed E-state index contributed by atoms with van der Waals surface area (Å²) in [7, 11) is 0. The van der Waals surface area contributed by atoms with Gasteiger partial charge in [-0.3, -0.25) is 24.0 Å². The van der Waals surface area contributed by atoms with Crippen molar-refractivity contribution < 1.29 is 19.4 Å². The number of aliphatic carboxylic acids is 1. The summed E-state index contributed by atoms with van der Waals surface area (Å²) in [4.78, 5) is 52.7. The molecule has 1 aromatic heterocycles. The van der Waals surface area contributed by atoms with E-state index >= 15 is 0 Å². The van der Waals surface area contributed by atoms with E-state index in [-0.39, 0.29) is 37.7 Å². The van der Waals surface area contributed by atoms with E-state index in [1.54, 1.807) is 18.7 Å². The molecule has 3 atom stereocenters. The minimum Gasteiger partial charge on any atom is -0.480 e. The van der Waals surface area contributed by atoms with Crippen molar-refractivity contribution in [2.24, 2.45) is 0 Å². The number of nitrogens with zero attached hydrogens (tertiary/aromatic N) is 2. The van der Waals surface area contributed by atoms with Crippen LogP contribution in [0.25, 0.3) is 11.1 Å². The van der Waals surface area contributed by atoms with Crippen LogP contribution in [0.1, 0.15) is 42.0 Å². The Morgan fingerprint density at radius 3 is 2.37 bits per heavy atom. The molecule has 3 N–H and O–H groups in total. The van der Waals surface area contributed by atoms with E-state index in [4.69, 9.17) is 4.74 Å². The number of benzene rings is 2. The zero-order valence-corrected chi connectivity index (χ0v) is 21.2. The van der Waals surface area contributed by atoms with Gasteiger partial charge in [0.25, 0.3) is 5.56 Å². The van der Waals surface area contributed by atoms with Gasteiger partial charge in [-0.15, -0.1) is 0 Å². The van der Waals surface area contributed by atoms with E-state index in [0.29, 0.717) is 12.0 Å². The number of aromatic nitrogens is 2. The normalized spacial score (nSPS) is 19.5. The number of ether oxygens (including phenoxy) is 1. The topological polar surface area (TPSA) is 134 Å². The Hall–Kier alpha value is -4.18. The number of carbonyl (C=O) groups is 2. The van der Waals surface area contributed by atoms with Gasteiger partial charge in [-0.25, -0.2) is 9.59 Å². The second-order valence-electron chi connectivity index (χ2n) is 9.94. The third kappa shape index (κ3) is 4.74. The predicted octanol–water partition coefficient (Wildman–Crippen LogP) is 2.47. The molecule has 1 aliphatic heterocycles. The predicted molar refractivity (Wildman–Crippen MR) is 140 cm³/mol. The Kier molecular flexibility index (Phi) is 6.90. The van der Waals surface area contributed by atoms with Crippen LogP contribution in [0, 0.1) is 6.92 Å². The van der Waals surface area contributed by atoms with Crippen molar-refractivity contribution in [2.75, 3.05) is 19.7 Å². The Bertz CT molecular complexity index is 1450. The van der Waals surface area contributed by atoms with E-state index < -0.39 is 29.4 Å². The molecular formula is C28H30N4O6. The molecule has 3 aromatic rings. The SMILES string of the molecule is Cc1cn([C@@H]2C[C@H](CNC(=O)OCC3c4ccccc4-c4ccccc43)N([C@H](C)C(=O)O)C2)c(=O)[nH]c1=O. The first-order chi connectivity index (χ1) is 18.2. The Morgan fingerprint density at radius 2 is 1.74 bits per heavy atom. The fourth-order valence-corrected chi connectivity index (χ4v) is 5.64. The van der Waals surface area contributed by atoms with Crippen molar-refractivity contribution in [3.8, 4) is 11.1 Å². The highest BCUT2D eigenvalue weighted by Gasteiger charge is 2.39. The number of nitrogens with one attached hydrogen (secondary N) is 2. The van der Waals surface area contributed by atoms with Gasteiger partial charge in [0.15, 0.2) is 0 Å². The number of aromatic amines is 1. The number of carbonyl (C=O) groups excluding carboxylic acids is 1. The maximum atomic E-state index is 12.7. The molecule has 0 radical (unpaired) electrons. The van der Waals surface area contributed by atoms with E-state index in [1.165, 1.54) is 10.8 Å². The van der Waals surface area contributed by atoms with Crippen molar-refractivity contribution in [1.82, 2.24) is 19.8 Å². The van der Waals surface area contributed by atoms with Gasteiger partial charge in [0.2, 0.25) is 0 Å². The van der Waals surface area contributed by atoms with Crippen LogP contribution in [-0.4, -0.2) is 63.4 Å². The number of likely N-dealkylation sites (tertiary alicyclic amines) is 1. The number of H-pyrrole nitrogens is 1. The lowest BCUT2D eigenvalue weighted by molar-refractivity contribution is -0.142. The summed E-state index contributed by atoms with van der Waals surface area (Å²) >= 11 is 0. The molecule has 0 saturated carbocycles. The van der Waals surface area contributed by atoms with E-state index in [1.807, 2.05) is 36.4 Å². The van der Waals surface area contributed by atoms with Gasteiger partial charge in [-0.1, -0.05) is 48.5 Å². The lowest BCUT2D eigenvalue weighted by Gasteiger charge is -2.27. The lowest BCUT2D eigenvalue weighted by atomic mass is 9.98. The van der Waals surface area contributed by atoms with Gasteiger partial charge < -0.3 is 15.2 Å². The molecule has 2 aromatic carbocycles. The highest BCUT2D eigenvalue weighted by molar-refractivity contribution is 5.79. The Morgan fingerprint density at radius 1 is 1.11 bits per heavy atom. The minimum absolute atomic E-state index is 0.0668. The summed E-state index contributed by atoms with van der Waals surface area (Å²) in [6, 6.07) is 14.6. The zero-order valence-electron chi connectivity index (χ0n) is 21.2. The molecule has 1 saturated heterocycles. The van der Waals surface area contributed by atoms with Gasteiger partial charge >= 0.3 is 17.8 Å². The van der Waals surface area contributed by atoms with Crippen LogP contribution in [0.5, 0.6) is 0 Å². The minimum atomic E-state index is -0.998. The van der Waals surface area contributed by atoms with Crippen molar-refractivity contribution in [3.63, 3.8) is 0 Å². The van der Waals surface area contributed by atoms with Gasteiger partial charge in [-0.05, 0) is 42.5 Å². The molecule has 5 rings (SSSR count). The highest BCUT2D eigenvalue weighted by atomic mass is 16.5. The molecule has 38 heavy (non-hydrogen) atoms. The summed E-state index contributed by atoms with van der Waals surface area (Å²) in [5.74, 6) is -1.07. The van der Waals surface area contributed by atoms with Gasteiger partial charge in [0, 0.05) is 36.8 Å². The molecule has 0 unspecified atom stereocenters. The lowest BCUT2D eigenvalue weighted by Crippen LogP contribution is -2.47. The molecular weight excluding hydrogens is 488 g/mol. The third-order valence-corrected chi connectivity index (χ3v) is 7.65. The Labute approximate surface area is 218 Å². The average Bonchev–Trinajstić information content (AvgIpc) is 3.47. The van der Waals surface area contributed by atoms with Crippen LogP contribution in [-0.2, 0) is 9.53 Å². The molecule has 10 nitrogen and oxygen atoms in total. The smallest absolute Gasteiger partial charge is 0.407 e. The molecule has 2 heterocycles. The second kappa shape index (κ2) is 10.3. The average molecular weight is 519 g/mol. The molecule has 0 bridgehead atoms. The van der Waals surface area contributed by atoms with Crippen LogP contribution >= 0.6 is 0 Å². The fraction of sp³-hybridized carbons (Fsp3) is 0.357. The van der Waals surface area contributed by atoms with Crippen LogP contribution < -0.4 is 16.6 Å². The summed E-state index contributed by atoms with van der Waals surface area (Å²) in [6.07, 6.45) is 1.33. The second-order valence-corrected chi connectivity index (χ2v) is 9.94. The van der Waals surface area contributed by atoms with E-state index in [2.05, 4.69) is 22.4 Å². The summed E-state index contributed by atoms with van der Waals surface area (Å²) in [6.45, 7) is 3.80.